The van der Waals surface area contributed by atoms with Crippen LogP contribution in [0, 0.1) is 0 Å². The van der Waals surface area contributed by atoms with Gasteiger partial charge >= 0.3 is 0 Å². The van der Waals surface area contributed by atoms with E-state index in [0.29, 0.717) is 4.91 Å². The van der Waals surface area contributed by atoms with Crippen LogP contribution in [0.3, 0.4) is 0 Å². The van der Waals surface area contributed by atoms with Crippen molar-refractivity contribution < 1.29 is 8.42 Å². The molecule has 11 heavy (non-hydrogen) atoms. The number of hydrogen-bond donors (Lipinski definition) is 0. The fraction of sp³-hybridized carbons (Fsp3) is 0.714. The summed E-state index contributed by atoms with van der Waals surface area (Å²) < 4.78 is 22.5. The second-order valence-corrected chi connectivity index (χ2v) is 5.99. The Bertz CT molecular complexity index is 254. The largest absolute Gasteiger partial charge is 0.223 e. The molecule has 0 spiro atoms. The van der Waals surface area contributed by atoms with Crippen molar-refractivity contribution in [3.8, 4) is 0 Å². The van der Waals surface area contributed by atoms with Crippen molar-refractivity contribution in [3.05, 3.63) is 11.0 Å². The van der Waals surface area contributed by atoms with E-state index in [1.807, 2.05) is 6.08 Å². The van der Waals surface area contributed by atoms with Gasteiger partial charge in [-0.1, -0.05) is 22.0 Å². The summed E-state index contributed by atoms with van der Waals surface area (Å²) in [7, 11) is -2.94. The van der Waals surface area contributed by atoms with E-state index in [1.54, 1.807) is 0 Å². The second-order valence-electron chi connectivity index (χ2n) is 2.64. The molecule has 0 amide bonds. The third kappa shape index (κ3) is 2.30. The Hall–Kier alpha value is 0.170. The zero-order valence-electron chi connectivity index (χ0n) is 6.22. The Morgan fingerprint density at radius 2 is 2.18 bits per heavy atom. The first kappa shape index (κ1) is 9.26. The molecule has 4 heteroatoms. The van der Waals surface area contributed by atoms with Crippen molar-refractivity contribution in [2.24, 2.45) is 0 Å². The van der Waals surface area contributed by atoms with Gasteiger partial charge in [0.2, 0.25) is 0 Å². The van der Waals surface area contributed by atoms with Gasteiger partial charge in [0.1, 0.15) is 4.66 Å². The molecule has 0 bridgehead atoms. The molecule has 64 valence electrons. The Labute approximate surface area is 75.7 Å². The molecule has 2 nitrogen and oxygen atoms in total. The molecule has 0 radical (unpaired) electrons. The van der Waals surface area contributed by atoms with Crippen molar-refractivity contribution in [1.82, 2.24) is 0 Å². The first-order valence-electron chi connectivity index (χ1n) is 3.64. The van der Waals surface area contributed by atoms with E-state index in [0.717, 1.165) is 25.7 Å². The minimum Gasteiger partial charge on any atom is -0.223 e. The monoisotopic (exact) mass is 238 g/mol. The third-order valence-corrected chi connectivity index (χ3v) is 5.06. The molecular formula is C7H11BrO2S. The van der Waals surface area contributed by atoms with Crippen LogP contribution in [0.15, 0.2) is 11.0 Å². The Kier molecular flexibility index (Phi) is 3.13. The van der Waals surface area contributed by atoms with E-state index >= 15 is 0 Å². The van der Waals surface area contributed by atoms with Gasteiger partial charge in [0.25, 0.3) is 0 Å². The van der Waals surface area contributed by atoms with Crippen molar-refractivity contribution >= 4 is 25.8 Å². The highest BCUT2D eigenvalue weighted by atomic mass is 79.9. The number of rotatable bonds is 2. The summed E-state index contributed by atoms with van der Waals surface area (Å²) in [5, 5.41) is 0. The lowest BCUT2D eigenvalue weighted by Crippen LogP contribution is -2.07. The highest BCUT2D eigenvalue weighted by Gasteiger charge is 2.17. The van der Waals surface area contributed by atoms with Gasteiger partial charge in [0, 0.05) is 4.91 Å². The van der Waals surface area contributed by atoms with E-state index in [2.05, 4.69) is 15.9 Å². The van der Waals surface area contributed by atoms with Crippen molar-refractivity contribution in [3.63, 3.8) is 0 Å². The van der Waals surface area contributed by atoms with Crippen LogP contribution in [-0.4, -0.2) is 13.1 Å². The topological polar surface area (TPSA) is 34.1 Å². The number of alkyl halides is 1. The molecule has 1 rings (SSSR count). The summed E-state index contributed by atoms with van der Waals surface area (Å²) in [6, 6.07) is 0. The molecule has 0 saturated heterocycles. The van der Waals surface area contributed by atoms with Gasteiger partial charge in [0.05, 0.1) is 0 Å². The van der Waals surface area contributed by atoms with Crippen LogP contribution in [0.2, 0.25) is 0 Å². The fourth-order valence-corrected chi connectivity index (χ4v) is 3.01. The molecule has 0 unspecified atom stereocenters. The lowest BCUT2D eigenvalue weighted by atomic mass is 10.1. The molecule has 1 aliphatic carbocycles. The average Bonchev–Trinajstić information content (AvgIpc) is 2.06. The molecular weight excluding hydrogens is 228 g/mol. The number of halogens is 1. The normalized spacial score (nSPS) is 19.5. The molecule has 0 heterocycles. The lowest BCUT2D eigenvalue weighted by molar-refractivity contribution is 0.600. The van der Waals surface area contributed by atoms with E-state index in [1.165, 1.54) is 0 Å². The van der Waals surface area contributed by atoms with Crippen LogP contribution in [0.1, 0.15) is 25.7 Å². The van der Waals surface area contributed by atoms with Gasteiger partial charge in [-0.25, -0.2) is 8.42 Å². The quantitative estimate of drug-likeness (QED) is 0.692. The van der Waals surface area contributed by atoms with E-state index < -0.39 is 9.84 Å². The first-order valence-corrected chi connectivity index (χ1v) is 6.42. The van der Waals surface area contributed by atoms with Crippen LogP contribution in [0.25, 0.3) is 0 Å². The van der Waals surface area contributed by atoms with Gasteiger partial charge in [0.15, 0.2) is 9.84 Å². The molecule has 0 N–H and O–H groups in total. The van der Waals surface area contributed by atoms with Gasteiger partial charge in [-0.15, -0.1) is 0 Å². The van der Waals surface area contributed by atoms with Gasteiger partial charge in [-0.3, -0.25) is 0 Å². The summed E-state index contributed by atoms with van der Waals surface area (Å²) in [5.74, 6) is 0. The van der Waals surface area contributed by atoms with E-state index in [-0.39, 0.29) is 4.66 Å². The van der Waals surface area contributed by atoms with Crippen molar-refractivity contribution in [2.75, 3.05) is 4.66 Å². The maximum atomic E-state index is 11.2. The summed E-state index contributed by atoms with van der Waals surface area (Å²) in [5.41, 5.74) is 0. The number of hydrogen-bond acceptors (Lipinski definition) is 2. The molecule has 1 aliphatic rings. The average molecular weight is 239 g/mol. The lowest BCUT2D eigenvalue weighted by Gasteiger charge is -2.10. The minimum atomic E-state index is -2.94. The van der Waals surface area contributed by atoms with Crippen molar-refractivity contribution in [1.29, 1.82) is 0 Å². The zero-order valence-corrected chi connectivity index (χ0v) is 8.62. The van der Waals surface area contributed by atoms with Gasteiger partial charge in [-0.2, -0.15) is 0 Å². The second kappa shape index (κ2) is 3.72. The summed E-state index contributed by atoms with van der Waals surface area (Å²) in [6.07, 6.45) is 5.63. The molecule has 0 aromatic carbocycles. The maximum Gasteiger partial charge on any atom is 0.184 e. The van der Waals surface area contributed by atoms with Crippen LogP contribution in [0.4, 0.5) is 0 Å². The standard InChI is InChI=1S/C7H11BrO2S/c8-6-11(9,10)7-4-2-1-3-5-7/h4H,1-3,5-6H2. The molecule has 0 aromatic rings. The third-order valence-electron chi connectivity index (χ3n) is 1.79. The van der Waals surface area contributed by atoms with Crippen LogP contribution in [-0.2, 0) is 9.84 Å². The van der Waals surface area contributed by atoms with Crippen molar-refractivity contribution in [2.45, 2.75) is 25.7 Å². The molecule has 0 aliphatic heterocycles. The van der Waals surface area contributed by atoms with Gasteiger partial charge < -0.3 is 0 Å². The number of sulfone groups is 1. The minimum absolute atomic E-state index is 0.0613. The SMILES string of the molecule is O=S(=O)(CBr)C1=CCCCC1. The predicted octanol–water partition coefficient (Wildman–Crippen LogP) is 2.21. The molecule has 0 saturated carbocycles. The first-order chi connectivity index (χ1) is 5.17. The Balaban J connectivity index is 2.81. The summed E-state index contributed by atoms with van der Waals surface area (Å²) >= 11 is 2.98. The number of allylic oxidation sites excluding steroid dienone is 2. The molecule has 0 atom stereocenters. The van der Waals surface area contributed by atoms with Crippen LogP contribution >= 0.6 is 15.9 Å². The smallest absolute Gasteiger partial charge is 0.184 e. The Morgan fingerprint density at radius 3 is 2.64 bits per heavy atom. The maximum absolute atomic E-state index is 11.2. The highest BCUT2D eigenvalue weighted by molar-refractivity contribution is 9.10. The zero-order chi connectivity index (χ0) is 8.32. The Morgan fingerprint density at radius 1 is 1.45 bits per heavy atom. The van der Waals surface area contributed by atoms with Crippen LogP contribution < -0.4 is 0 Å². The predicted molar refractivity (Wildman–Crippen MR) is 49.3 cm³/mol. The fourth-order valence-electron chi connectivity index (χ4n) is 1.16. The molecule has 0 fully saturated rings. The highest BCUT2D eigenvalue weighted by Crippen LogP contribution is 2.23. The summed E-state index contributed by atoms with van der Waals surface area (Å²) in [6.45, 7) is 0. The summed E-state index contributed by atoms with van der Waals surface area (Å²) in [4.78, 5) is 0.626. The van der Waals surface area contributed by atoms with Crippen LogP contribution in [0.5, 0.6) is 0 Å². The molecule has 0 aromatic heterocycles. The van der Waals surface area contributed by atoms with E-state index in [4.69, 9.17) is 0 Å². The van der Waals surface area contributed by atoms with Gasteiger partial charge in [-0.05, 0) is 25.7 Å². The van der Waals surface area contributed by atoms with E-state index in [9.17, 15) is 8.42 Å².